The number of rotatable bonds is 3. The molecular formula is C17H16FN3O4S. The Kier molecular flexibility index (Phi) is 4.12. The van der Waals surface area contributed by atoms with Crippen molar-refractivity contribution in [1.82, 2.24) is 9.29 Å². The Morgan fingerprint density at radius 3 is 2.62 bits per heavy atom. The van der Waals surface area contributed by atoms with Gasteiger partial charge in [0.15, 0.2) is 11.6 Å². The summed E-state index contributed by atoms with van der Waals surface area (Å²) in [4.78, 5) is 17.5. The van der Waals surface area contributed by atoms with Gasteiger partial charge in [-0.2, -0.15) is 4.31 Å². The molecule has 0 aliphatic carbocycles. The second kappa shape index (κ2) is 6.33. The molecule has 136 valence electrons. The Morgan fingerprint density at radius 1 is 1.12 bits per heavy atom. The van der Waals surface area contributed by atoms with Gasteiger partial charge in [0, 0.05) is 37.9 Å². The number of pyridine rings is 1. The number of sulfonamides is 1. The maximum atomic E-state index is 13.9. The van der Waals surface area contributed by atoms with Crippen LogP contribution in [0.2, 0.25) is 0 Å². The Hall–Kier alpha value is -2.52. The van der Waals surface area contributed by atoms with Crippen LogP contribution < -0.4 is 4.90 Å². The maximum Gasteiger partial charge on any atom is 0.338 e. The van der Waals surface area contributed by atoms with E-state index in [9.17, 15) is 17.6 Å². The lowest BCUT2D eigenvalue weighted by molar-refractivity contribution is 0.0535. The predicted octanol–water partition coefficient (Wildman–Crippen LogP) is 1.40. The van der Waals surface area contributed by atoms with Crippen molar-refractivity contribution in [3.05, 3.63) is 53.5 Å². The van der Waals surface area contributed by atoms with Crippen LogP contribution in [0.5, 0.6) is 0 Å². The van der Waals surface area contributed by atoms with Crippen LogP contribution in [0, 0.1) is 5.82 Å². The second-order valence-electron chi connectivity index (χ2n) is 6.10. The molecule has 26 heavy (non-hydrogen) atoms. The van der Waals surface area contributed by atoms with E-state index in [-0.39, 0.29) is 30.4 Å². The number of piperazine rings is 1. The fourth-order valence-electron chi connectivity index (χ4n) is 3.15. The van der Waals surface area contributed by atoms with Crippen LogP contribution in [-0.2, 0) is 21.4 Å². The summed E-state index contributed by atoms with van der Waals surface area (Å²) in [6.45, 7) is 1.25. The standard InChI is InChI=1S/C17H16FN3O4S/c18-15-2-1-5-19-16(15)20-6-8-21(9-7-20)26(23,24)13-4-3-12-11-25-17(22)14(12)10-13/h1-5,10H,6-9,11H2. The Labute approximate surface area is 150 Å². The van der Waals surface area contributed by atoms with Crippen LogP contribution in [0.4, 0.5) is 10.2 Å². The van der Waals surface area contributed by atoms with E-state index in [1.165, 1.54) is 34.8 Å². The van der Waals surface area contributed by atoms with E-state index < -0.39 is 21.8 Å². The van der Waals surface area contributed by atoms with Gasteiger partial charge in [0.2, 0.25) is 10.0 Å². The lowest BCUT2D eigenvalue weighted by atomic mass is 10.1. The Balaban J connectivity index is 1.53. The minimum atomic E-state index is -3.74. The van der Waals surface area contributed by atoms with Crippen molar-refractivity contribution in [2.75, 3.05) is 31.1 Å². The molecule has 1 fully saturated rings. The molecule has 7 nitrogen and oxygen atoms in total. The zero-order valence-corrected chi connectivity index (χ0v) is 14.6. The molecule has 0 spiro atoms. The first kappa shape index (κ1) is 16.9. The largest absolute Gasteiger partial charge is 0.457 e. The highest BCUT2D eigenvalue weighted by Gasteiger charge is 2.31. The molecule has 1 saturated heterocycles. The normalized spacial score (nSPS) is 17.9. The van der Waals surface area contributed by atoms with Crippen LogP contribution in [0.25, 0.3) is 0 Å². The van der Waals surface area contributed by atoms with Crippen molar-refractivity contribution in [3.8, 4) is 0 Å². The topological polar surface area (TPSA) is 79.8 Å². The highest BCUT2D eigenvalue weighted by atomic mass is 32.2. The Bertz CT molecular complexity index is 972. The van der Waals surface area contributed by atoms with E-state index in [2.05, 4.69) is 4.98 Å². The Morgan fingerprint density at radius 2 is 1.88 bits per heavy atom. The fourth-order valence-corrected chi connectivity index (χ4v) is 4.60. The molecule has 1 aromatic carbocycles. The number of benzene rings is 1. The number of halogens is 1. The minimum Gasteiger partial charge on any atom is -0.457 e. The molecule has 3 heterocycles. The third kappa shape index (κ3) is 2.82. The zero-order chi connectivity index (χ0) is 18.3. The molecule has 0 atom stereocenters. The first-order chi connectivity index (χ1) is 12.5. The van der Waals surface area contributed by atoms with Crippen molar-refractivity contribution in [2.24, 2.45) is 0 Å². The van der Waals surface area contributed by atoms with Crippen molar-refractivity contribution >= 4 is 21.8 Å². The number of carbonyl (C=O) groups excluding carboxylic acids is 1. The van der Waals surface area contributed by atoms with Crippen LogP contribution >= 0.6 is 0 Å². The summed E-state index contributed by atoms with van der Waals surface area (Å²) >= 11 is 0. The number of ether oxygens (including phenoxy) is 1. The predicted molar refractivity (Wildman–Crippen MR) is 90.7 cm³/mol. The second-order valence-corrected chi connectivity index (χ2v) is 8.03. The monoisotopic (exact) mass is 377 g/mol. The number of hydrogen-bond donors (Lipinski definition) is 0. The van der Waals surface area contributed by atoms with Gasteiger partial charge in [-0.15, -0.1) is 0 Å². The molecule has 0 unspecified atom stereocenters. The molecule has 9 heteroatoms. The van der Waals surface area contributed by atoms with E-state index in [1.54, 1.807) is 11.0 Å². The van der Waals surface area contributed by atoms with Gasteiger partial charge in [-0.25, -0.2) is 22.6 Å². The van der Waals surface area contributed by atoms with Gasteiger partial charge in [-0.1, -0.05) is 6.07 Å². The lowest BCUT2D eigenvalue weighted by Crippen LogP contribution is -2.49. The quantitative estimate of drug-likeness (QED) is 0.753. The van der Waals surface area contributed by atoms with Gasteiger partial charge in [-0.3, -0.25) is 0 Å². The molecule has 2 aliphatic rings. The molecule has 0 bridgehead atoms. The summed E-state index contributed by atoms with van der Waals surface area (Å²) in [6.07, 6.45) is 1.51. The minimum absolute atomic E-state index is 0.0626. The third-order valence-corrected chi connectivity index (χ3v) is 6.47. The fraction of sp³-hybridized carbons (Fsp3) is 0.294. The van der Waals surface area contributed by atoms with Gasteiger partial charge in [-0.05, 0) is 24.3 Å². The summed E-state index contributed by atoms with van der Waals surface area (Å²) in [5.41, 5.74) is 0.977. The molecule has 0 saturated carbocycles. The van der Waals surface area contributed by atoms with E-state index in [1.807, 2.05) is 0 Å². The number of anilines is 1. The maximum absolute atomic E-state index is 13.9. The van der Waals surface area contributed by atoms with Crippen LogP contribution in [0.1, 0.15) is 15.9 Å². The molecule has 1 aromatic heterocycles. The van der Waals surface area contributed by atoms with Gasteiger partial charge in [0.25, 0.3) is 0 Å². The first-order valence-electron chi connectivity index (χ1n) is 8.12. The van der Waals surface area contributed by atoms with Crippen molar-refractivity contribution in [3.63, 3.8) is 0 Å². The zero-order valence-electron chi connectivity index (χ0n) is 13.8. The lowest BCUT2D eigenvalue weighted by Gasteiger charge is -2.34. The summed E-state index contributed by atoms with van der Waals surface area (Å²) in [7, 11) is -3.74. The van der Waals surface area contributed by atoms with E-state index >= 15 is 0 Å². The summed E-state index contributed by atoms with van der Waals surface area (Å²) in [5.74, 6) is -0.710. The van der Waals surface area contributed by atoms with Gasteiger partial charge in [0.1, 0.15) is 6.61 Å². The SMILES string of the molecule is O=C1OCc2ccc(S(=O)(=O)N3CCN(c4ncccc4F)CC3)cc21. The summed E-state index contributed by atoms with van der Waals surface area (Å²) in [6, 6.07) is 7.30. The van der Waals surface area contributed by atoms with Crippen molar-refractivity contribution in [1.29, 1.82) is 0 Å². The van der Waals surface area contributed by atoms with Crippen molar-refractivity contribution < 1.29 is 22.3 Å². The molecule has 0 radical (unpaired) electrons. The number of hydrogen-bond acceptors (Lipinski definition) is 6. The number of aromatic nitrogens is 1. The highest BCUT2D eigenvalue weighted by molar-refractivity contribution is 7.89. The molecule has 0 amide bonds. The smallest absolute Gasteiger partial charge is 0.338 e. The average Bonchev–Trinajstić information content (AvgIpc) is 3.03. The molecular weight excluding hydrogens is 361 g/mol. The number of esters is 1. The van der Waals surface area contributed by atoms with Crippen LogP contribution in [-0.4, -0.2) is 49.9 Å². The number of nitrogens with zero attached hydrogens (tertiary/aromatic N) is 3. The highest BCUT2D eigenvalue weighted by Crippen LogP contribution is 2.26. The third-order valence-electron chi connectivity index (χ3n) is 4.58. The molecule has 4 rings (SSSR count). The number of fused-ring (bicyclic) bond motifs is 1. The van der Waals surface area contributed by atoms with Crippen LogP contribution in [0.3, 0.4) is 0 Å². The van der Waals surface area contributed by atoms with E-state index in [4.69, 9.17) is 4.74 Å². The van der Waals surface area contributed by atoms with E-state index in [0.29, 0.717) is 24.2 Å². The average molecular weight is 377 g/mol. The van der Waals surface area contributed by atoms with Gasteiger partial charge < -0.3 is 9.64 Å². The molecule has 2 aromatic rings. The summed E-state index contributed by atoms with van der Waals surface area (Å²) < 4.78 is 45.8. The number of cyclic esters (lactones) is 1. The molecule has 2 aliphatic heterocycles. The van der Waals surface area contributed by atoms with Gasteiger partial charge >= 0.3 is 5.97 Å². The summed E-state index contributed by atoms with van der Waals surface area (Å²) in [5, 5.41) is 0. The van der Waals surface area contributed by atoms with Crippen LogP contribution in [0.15, 0.2) is 41.4 Å². The first-order valence-corrected chi connectivity index (χ1v) is 9.56. The van der Waals surface area contributed by atoms with Crippen molar-refractivity contribution in [2.45, 2.75) is 11.5 Å². The van der Waals surface area contributed by atoms with Gasteiger partial charge in [0.05, 0.1) is 10.5 Å². The molecule has 0 N–H and O–H groups in total. The van der Waals surface area contributed by atoms with E-state index in [0.717, 1.165) is 0 Å². The number of carbonyl (C=O) groups is 1.